The van der Waals surface area contributed by atoms with E-state index in [0.717, 1.165) is 34.8 Å². The van der Waals surface area contributed by atoms with Gasteiger partial charge in [-0.25, -0.2) is 4.79 Å². The van der Waals surface area contributed by atoms with Crippen molar-refractivity contribution in [2.75, 3.05) is 13.1 Å². The van der Waals surface area contributed by atoms with Gasteiger partial charge in [-0.1, -0.05) is 22.0 Å². The van der Waals surface area contributed by atoms with Crippen LogP contribution in [0.25, 0.3) is 10.9 Å². The molecule has 1 aromatic heterocycles. The van der Waals surface area contributed by atoms with Gasteiger partial charge < -0.3 is 19.5 Å². The summed E-state index contributed by atoms with van der Waals surface area (Å²) in [5.41, 5.74) is 1.22. The summed E-state index contributed by atoms with van der Waals surface area (Å²) in [5.74, 6) is 0.00945. The van der Waals surface area contributed by atoms with Crippen LogP contribution >= 0.6 is 15.9 Å². The number of nitrogens with zero attached hydrogens (tertiary/aromatic N) is 2. The number of hydrogen-bond acceptors (Lipinski definition) is 3. The number of fused-ring (bicyclic) bond motifs is 1. The lowest BCUT2D eigenvalue weighted by Gasteiger charge is -2.33. The molecule has 1 aliphatic heterocycles. The van der Waals surface area contributed by atoms with Gasteiger partial charge in [0.2, 0.25) is 0 Å². The molecule has 6 nitrogen and oxygen atoms in total. The SMILES string of the molecule is CCn1cc(C(=O)N2CCCC(NC(=O)OC(C)(C)C)C2)c2ccc(Br)cc21. The van der Waals surface area contributed by atoms with Crippen molar-refractivity contribution in [3.05, 3.63) is 34.4 Å². The summed E-state index contributed by atoms with van der Waals surface area (Å²) >= 11 is 3.51. The Hall–Kier alpha value is -2.02. The monoisotopic (exact) mass is 449 g/mol. The Labute approximate surface area is 174 Å². The van der Waals surface area contributed by atoms with Gasteiger partial charge >= 0.3 is 6.09 Å². The number of rotatable bonds is 3. The molecule has 1 aromatic carbocycles. The van der Waals surface area contributed by atoms with Gasteiger partial charge in [0.15, 0.2) is 0 Å². The van der Waals surface area contributed by atoms with Crippen molar-refractivity contribution in [1.82, 2.24) is 14.8 Å². The molecule has 0 aliphatic carbocycles. The molecule has 28 heavy (non-hydrogen) atoms. The number of carbonyl (C=O) groups is 2. The number of hydrogen-bond donors (Lipinski definition) is 1. The number of aryl methyl sites for hydroxylation is 1. The van der Waals surface area contributed by atoms with Crippen molar-refractivity contribution in [2.24, 2.45) is 0 Å². The fourth-order valence-corrected chi connectivity index (χ4v) is 3.97. The number of nitrogens with one attached hydrogen (secondary N) is 1. The van der Waals surface area contributed by atoms with E-state index < -0.39 is 11.7 Å². The number of benzene rings is 1. The average Bonchev–Trinajstić information content (AvgIpc) is 2.97. The van der Waals surface area contributed by atoms with Crippen LogP contribution in [-0.2, 0) is 11.3 Å². The molecule has 1 unspecified atom stereocenters. The summed E-state index contributed by atoms with van der Waals surface area (Å²) in [6, 6.07) is 5.89. The van der Waals surface area contributed by atoms with E-state index in [2.05, 4.69) is 32.7 Å². The van der Waals surface area contributed by atoms with Crippen molar-refractivity contribution in [2.45, 2.75) is 58.7 Å². The number of piperidine rings is 1. The second-order valence-corrected chi connectivity index (χ2v) is 9.14. The van der Waals surface area contributed by atoms with Gasteiger partial charge in [-0.2, -0.15) is 0 Å². The van der Waals surface area contributed by atoms with Gasteiger partial charge in [0.1, 0.15) is 5.60 Å². The molecule has 1 N–H and O–H groups in total. The minimum absolute atomic E-state index is 0.00945. The number of amides is 2. The topological polar surface area (TPSA) is 63.6 Å². The third kappa shape index (κ3) is 4.69. The van der Waals surface area contributed by atoms with Crippen LogP contribution in [0.15, 0.2) is 28.9 Å². The van der Waals surface area contributed by atoms with Crippen molar-refractivity contribution in [3.8, 4) is 0 Å². The molecule has 152 valence electrons. The van der Waals surface area contributed by atoms with Crippen LogP contribution in [0.2, 0.25) is 0 Å². The molecule has 1 fully saturated rings. The molecule has 1 saturated heterocycles. The molecule has 0 saturated carbocycles. The molecule has 0 spiro atoms. The molecule has 3 rings (SSSR count). The van der Waals surface area contributed by atoms with Crippen LogP contribution < -0.4 is 5.32 Å². The molecule has 0 bridgehead atoms. The standard InChI is InChI=1S/C21H28BrN3O3/c1-5-24-13-17(16-9-8-14(22)11-18(16)24)19(26)25-10-6-7-15(12-25)23-20(27)28-21(2,3)4/h8-9,11,13,15H,5-7,10,12H2,1-4H3,(H,23,27). The minimum Gasteiger partial charge on any atom is -0.444 e. The largest absolute Gasteiger partial charge is 0.444 e. The van der Waals surface area contributed by atoms with Gasteiger partial charge in [-0.05, 0) is 52.7 Å². The summed E-state index contributed by atoms with van der Waals surface area (Å²) in [6.07, 6.45) is 3.19. The normalized spacial score (nSPS) is 17.6. The fourth-order valence-electron chi connectivity index (χ4n) is 3.62. The van der Waals surface area contributed by atoms with E-state index in [1.165, 1.54) is 0 Å². The second kappa shape index (κ2) is 8.15. The van der Waals surface area contributed by atoms with Gasteiger partial charge in [0.05, 0.1) is 5.56 Å². The summed E-state index contributed by atoms with van der Waals surface area (Å²) < 4.78 is 8.43. The highest BCUT2D eigenvalue weighted by Gasteiger charge is 2.28. The first-order valence-electron chi connectivity index (χ1n) is 9.75. The quantitative estimate of drug-likeness (QED) is 0.746. The van der Waals surface area contributed by atoms with Crippen LogP contribution in [0, 0.1) is 0 Å². The third-order valence-electron chi connectivity index (χ3n) is 4.84. The minimum atomic E-state index is -0.537. The molecular weight excluding hydrogens is 422 g/mol. The summed E-state index contributed by atoms with van der Waals surface area (Å²) in [6.45, 7) is 9.56. The van der Waals surface area contributed by atoms with E-state index in [4.69, 9.17) is 4.74 Å². The Bertz CT molecular complexity index is 885. The van der Waals surface area contributed by atoms with E-state index in [-0.39, 0.29) is 11.9 Å². The maximum atomic E-state index is 13.2. The highest BCUT2D eigenvalue weighted by Crippen LogP contribution is 2.27. The molecule has 2 amide bonds. The number of likely N-dealkylation sites (tertiary alicyclic amines) is 1. The molecule has 1 aliphatic rings. The fraction of sp³-hybridized carbons (Fsp3) is 0.524. The van der Waals surface area contributed by atoms with E-state index in [1.807, 2.05) is 50.1 Å². The van der Waals surface area contributed by atoms with Crippen LogP contribution in [0.3, 0.4) is 0 Å². The van der Waals surface area contributed by atoms with Crippen molar-refractivity contribution >= 4 is 38.8 Å². The molecular formula is C21H28BrN3O3. The Morgan fingerprint density at radius 1 is 1.32 bits per heavy atom. The van der Waals surface area contributed by atoms with Crippen LogP contribution in [0.5, 0.6) is 0 Å². The maximum Gasteiger partial charge on any atom is 0.407 e. The molecule has 2 heterocycles. The van der Waals surface area contributed by atoms with Gasteiger partial charge in [0, 0.05) is 47.2 Å². The van der Waals surface area contributed by atoms with Crippen molar-refractivity contribution in [3.63, 3.8) is 0 Å². The third-order valence-corrected chi connectivity index (χ3v) is 5.34. The molecule has 0 radical (unpaired) electrons. The first kappa shape index (κ1) is 20.7. The highest BCUT2D eigenvalue weighted by atomic mass is 79.9. The predicted octanol–water partition coefficient (Wildman–Crippen LogP) is 4.55. The average molecular weight is 450 g/mol. The number of carbonyl (C=O) groups excluding carboxylic acids is 2. The van der Waals surface area contributed by atoms with Gasteiger partial charge in [-0.3, -0.25) is 4.79 Å². The summed E-state index contributed by atoms with van der Waals surface area (Å²) in [7, 11) is 0. The highest BCUT2D eigenvalue weighted by molar-refractivity contribution is 9.10. The number of aromatic nitrogens is 1. The summed E-state index contributed by atoms with van der Waals surface area (Å²) in [4.78, 5) is 27.2. The Morgan fingerprint density at radius 3 is 2.75 bits per heavy atom. The predicted molar refractivity (Wildman–Crippen MR) is 114 cm³/mol. The lowest BCUT2D eigenvalue weighted by molar-refractivity contribution is 0.0452. The van der Waals surface area contributed by atoms with Crippen molar-refractivity contribution in [1.29, 1.82) is 0 Å². The lowest BCUT2D eigenvalue weighted by Crippen LogP contribution is -2.50. The van der Waals surface area contributed by atoms with E-state index in [9.17, 15) is 9.59 Å². The first-order valence-corrected chi connectivity index (χ1v) is 10.5. The van der Waals surface area contributed by atoms with E-state index >= 15 is 0 Å². The van der Waals surface area contributed by atoms with Crippen molar-refractivity contribution < 1.29 is 14.3 Å². The second-order valence-electron chi connectivity index (χ2n) is 8.23. The number of alkyl carbamates (subject to hydrolysis) is 1. The van der Waals surface area contributed by atoms with Crippen LogP contribution in [0.4, 0.5) is 4.79 Å². The van der Waals surface area contributed by atoms with Crippen LogP contribution in [0.1, 0.15) is 50.9 Å². The molecule has 1 atom stereocenters. The van der Waals surface area contributed by atoms with E-state index in [0.29, 0.717) is 18.7 Å². The Kier molecular flexibility index (Phi) is 6.03. The Morgan fingerprint density at radius 2 is 2.07 bits per heavy atom. The Balaban J connectivity index is 1.76. The molecule has 7 heteroatoms. The number of halogens is 1. The first-order chi connectivity index (χ1) is 13.2. The zero-order valence-corrected chi connectivity index (χ0v) is 18.5. The van der Waals surface area contributed by atoms with Gasteiger partial charge in [0.25, 0.3) is 5.91 Å². The number of ether oxygens (including phenoxy) is 1. The smallest absolute Gasteiger partial charge is 0.407 e. The molecule has 2 aromatic rings. The van der Waals surface area contributed by atoms with Crippen LogP contribution in [-0.4, -0.2) is 46.2 Å². The van der Waals surface area contributed by atoms with E-state index in [1.54, 1.807) is 0 Å². The zero-order valence-electron chi connectivity index (χ0n) is 16.9. The summed E-state index contributed by atoms with van der Waals surface area (Å²) in [5, 5.41) is 3.86. The zero-order chi connectivity index (χ0) is 20.5. The maximum absolute atomic E-state index is 13.2. The lowest BCUT2D eigenvalue weighted by atomic mass is 10.0. The van der Waals surface area contributed by atoms with Gasteiger partial charge in [-0.15, -0.1) is 0 Å².